The molecule has 0 radical (unpaired) electrons. The molecule has 29 heavy (non-hydrogen) atoms. The van der Waals surface area contributed by atoms with Gasteiger partial charge in [-0.15, -0.1) is 10.2 Å². The van der Waals surface area contributed by atoms with Crippen molar-refractivity contribution in [1.29, 1.82) is 0 Å². The number of pyridine rings is 1. The van der Waals surface area contributed by atoms with E-state index in [0.29, 0.717) is 25.2 Å². The molecule has 1 aliphatic heterocycles. The molecule has 0 spiro atoms. The summed E-state index contributed by atoms with van der Waals surface area (Å²) in [4.78, 5) is 15.0. The molecular formula is C20H23N5O3S. The SMILES string of the molecule is CCNS(=O)(=O)c1cccc(C(=O)N2CCCC(c3nnc4ccccn34)C2)c1. The van der Waals surface area contributed by atoms with Gasteiger partial charge in [0.05, 0.1) is 4.90 Å². The Morgan fingerprint density at radius 3 is 2.90 bits per heavy atom. The Kier molecular flexibility index (Phi) is 5.33. The number of piperidine rings is 1. The summed E-state index contributed by atoms with van der Waals surface area (Å²) >= 11 is 0. The molecule has 2 aromatic heterocycles. The van der Waals surface area contributed by atoms with Gasteiger partial charge in [-0.1, -0.05) is 19.1 Å². The predicted molar refractivity (Wildman–Crippen MR) is 108 cm³/mol. The number of benzene rings is 1. The van der Waals surface area contributed by atoms with Crippen LogP contribution in [0.25, 0.3) is 5.65 Å². The molecule has 1 atom stereocenters. The Labute approximate surface area is 169 Å². The molecule has 1 aromatic carbocycles. The molecule has 0 bridgehead atoms. The smallest absolute Gasteiger partial charge is 0.253 e. The lowest BCUT2D eigenvalue weighted by atomic mass is 9.96. The van der Waals surface area contributed by atoms with Crippen molar-refractivity contribution in [3.05, 3.63) is 60.0 Å². The minimum absolute atomic E-state index is 0.0822. The highest BCUT2D eigenvalue weighted by Gasteiger charge is 2.29. The average molecular weight is 414 g/mol. The molecular weight excluding hydrogens is 390 g/mol. The second kappa shape index (κ2) is 7.92. The molecule has 1 N–H and O–H groups in total. The molecule has 4 rings (SSSR count). The number of sulfonamides is 1. The summed E-state index contributed by atoms with van der Waals surface area (Å²) in [7, 11) is -3.61. The van der Waals surface area contributed by atoms with E-state index in [1.54, 1.807) is 24.0 Å². The van der Waals surface area contributed by atoms with E-state index in [9.17, 15) is 13.2 Å². The summed E-state index contributed by atoms with van der Waals surface area (Å²) in [5.74, 6) is 0.761. The van der Waals surface area contributed by atoms with Crippen molar-refractivity contribution in [2.45, 2.75) is 30.6 Å². The number of rotatable bonds is 5. The van der Waals surface area contributed by atoms with Gasteiger partial charge in [0.2, 0.25) is 10.0 Å². The van der Waals surface area contributed by atoms with Crippen LogP contribution >= 0.6 is 0 Å². The molecule has 9 heteroatoms. The summed E-state index contributed by atoms with van der Waals surface area (Å²) in [5.41, 5.74) is 1.16. The Morgan fingerprint density at radius 2 is 2.07 bits per heavy atom. The second-order valence-corrected chi connectivity index (χ2v) is 8.87. The molecule has 1 amide bonds. The molecule has 1 unspecified atom stereocenters. The summed E-state index contributed by atoms with van der Waals surface area (Å²) in [5, 5.41) is 8.55. The minimum Gasteiger partial charge on any atom is -0.338 e. The number of hydrogen-bond donors (Lipinski definition) is 1. The van der Waals surface area contributed by atoms with Gasteiger partial charge in [0.1, 0.15) is 5.82 Å². The normalized spacial score (nSPS) is 17.6. The maximum atomic E-state index is 13.1. The topological polar surface area (TPSA) is 96.7 Å². The van der Waals surface area contributed by atoms with Crippen LogP contribution in [0.2, 0.25) is 0 Å². The van der Waals surface area contributed by atoms with E-state index in [1.165, 1.54) is 12.1 Å². The van der Waals surface area contributed by atoms with Gasteiger partial charge in [0.25, 0.3) is 5.91 Å². The Morgan fingerprint density at radius 1 is 1.21 bits per heavy atom. The lowest BCUT2D eigenvalue weighted by molar-refractivity contribution is 0.0704. The molecule has 0 saturated carbocycles. The first kappa shape index (κ1) is 19.5. The zero-order chi connectivity index (χ0) is 20.4. The third-order valence-corrected chi connectivity index (χ3v) is 6.68. The van der Waals surface area contributed by atoms with E-state index in [4.69, 9.17) is 0 Å². The van der Waals surface area contributed by atoms with E-state index in [0.717, 1.165) is 24.3 Å². The molecule has 1 saturated heterocycles. The van der Waals surface area contributed by atoms with Crippen molar-refractivity contribution in [2.75, 3.05) is 19.6 Å². The maximum Gasteiger partial charge on any atom is 0.253 e. The van der Waals surface area contributed by atoms with E-state index in [-0.39, 0.29) is 16.7 Å². The number of aromatic nitrogens is 3. The fourth-order valence-corrected chi connectivity index (χ4v) is 4.85. The number of nitrogens with zero attached hydrogens (tertiary/aromatic N) is 4. The standard InChI is InChI=1S/C20H23N5O3S/c1-2-21-29(27,28)17-9-5-7-15(13-17)20(26)24-11-6-8-16(14-24)19-23-22-18-10-3-4-12-25(18)19/h3-5,7,9-10,12-13,16,21H,2,6,8,11,14H2,1H3. The van der Waals surface area contributed by atoms with E-state index < -0.39 is 10.0 Å². The lowest BCUT2D eigenvalue weighted by Gasteiger charge is -2.32. The van der Waals surface area contributed by atoms with Crippen LogP contribution in [0.5, 0.6) is 0 Å². The number of likely N-dealkylation sites (tertiary alicyclic amines) is 1. The minimum atomic E-state index is -3.61. The number of amides is 1. The molecule has 1 fully saturated rings. The molecule has 3 aromatic rings. The van der Waals surface area contributed by atoms with Gasteiger partial charge in [-0.3, -0.25) is 9.20 Å². The van der Waals surface area contributed by atoms with Crippen LogP contribution < -0.4 is 4.72 Å². The first-order valence-electron chi connectivity index (χ1n) is 9.68. The zero-order valence-electron chi connectivity index (χ0n) is 16.2. The Balaban J connectivity index is 1.57. The Bertz CT molecular complexity index is 1140. The maximum absolute atomic E-state index is 13.1. The summed E-state index contributed by atoms with van der Waals surface area (Å²) in [6.45, 7) is 3.17. The lowest BCUT2D eigenvalue weighted by Crippen LogP contribution is -2.39. The summed E-state index contributed by atoms with van der Waals surface area (Å²) in [6, 6.07) is 11.9. The molecule has 0 aliphatic carbocycles. The second-order valence-electron chi connectivity index (χ2n) is 7.11. The number of carbonyl (C=O) groups excluding carboxylic acids is 1. The molecule has 1 aliphatic rings. The highest BCUT2D eigenvalue weighted by Crippen LogP contribution is 2.27. The first-order valence-corrected chi connectivity index (χ1v) is 11.2. The van der Waals surface area contributed by atoms with Crippen LogP contribution in [0.4, 0.5) is 0 Å². The number of carbonyl (C=O) groups is 1. The third kappa shape index (κ3) is 3.88. The molecule has 152 valence electrons. The van der Waals surface area contributed by atoms with Gasteiger partial charge < -0.3 is 4.90 Å². The molecule has 3 heterocycles. The van der Waals surface area contributed by atoms with Crippen LogP contribution in [0.15, 0.2) is 53.6 Å². The third-order valence-electron chi connectivity index (χ3n) is 5.14. The van der Waals surface area contributed by atoms with Crippen molar-refractivity contribution in [2.24, 2.45) is 0 Å². The predicted octanol–water partition coefficient (Wildman–Crippen LogP) is 2.05. The number of nitrogens with one attached hydrogen (secondary N) is 1. The van der Waals surface area contributed by atoms with Gasteiger partial charge in [0.15, 0.2) is 5.65 Å². The fourth-order valence-electron chi connectivity index (χ4n) is 3.76. The first-order chi connectivity index (χ1) is 14.0. The Hall–Kier alpha value is -2.78. The van der Waals surface area contributed by atoms with Crippen molar-refractivity contribution >= 4 is 21.6 Å². The number of hydrogen-bond acceptors (Lipinski definition) is 5. The summed E-state index contributed by atoms with van der Waals surface area (Å²) < 4.78 is 28.9. The van der Waals surface area contributed by atoms with Crippen molar-refractivity contribution in [3.8, 4) is 0 Å². The van der Waals surface area contributed by atoms with Gasteiger partial charge >= 0.3 is 0 Å². The molecule has 8 nitrogen and oxygen atoms in total. The van der Waals surface area contributed by atoms with Crippen molar-refractivity contribution in [1.82, 2.24) is 24.2 Å². The van der Waals surface area contributed by atoms with Crippen LogP contribution in [-0.4, -0.2) is 53.5 Å². The van der Waals surface area contributed by atoms with Gasteiger partial charge in [-0.25, -0.2) is 13.1 Å². The van der Waals surface area contributed by atoms with Crippen LogP contribution in [0.3, 0.4) is 0 Å². The monoisotopic (exact) mass is 413 g/mol. The fraction of sp³-hybridized carbons (Fsp3) is 0.350. The van der Waals surface area contributed by atoms with Gasteiger partial charge in [0, 0.05) is 37.3 Å². The quantitative estimate of drug-likeness (QED) is 0.691. The van der Waals surface area contributed by atoms with Crippen molar-refractivity contribution < 1.29 is 13.2 Å². The van der Waals surface area contributed by atoms with Crippen LogP contribution in [0, 0.1) is 0 Å². The van der Waals surface area contributed by atoms with Crippen LogP contribution in [0.1, 0.15) is 41.9 Å². The van der Waals surface area contributed by atoms with E-state index in [2.05, 4.69) is 14.9 Å². The highest BCUT2D eigenvalue weighted by atomic mass is 32.2. The van der Waals surface area contributed by atoms with Crippen LogP contribution in [-0.2, 0) is 10.0 Å². The summed E-state index contributed by atoms with van der Waals surface area (Å²) in [6.07, 6.45) is 3.71. The van der Waals surface area contributed by atoms with Gasteiger partial charge in [-0.05, 0) is 43.2 Å². The van der Waals surface area contributed by atoms with Gasteiger partial charge in [-0.2, -0.15) is 0 Å². The zero-order valence-corrected chi connectivity index (χ0v) is 17.0. The van der Waals surface area contributed by atoms with E-state index >= 15 is 0 Å². The average Bonchev–Trinajstić information content (AvgIpc) is 3.18. The largest absolute Gasteiger partial charge is 0.338 e. The highest BCUT2D eigenvalue weighted by molar-refractivity contribution is 7.89. The van der Waals surface area contributed by atoms with Crippen molar-refractivity contribution in [3.63, 3.8) is 0 Å². The number of fused-ring (bicyclic) bond motifs is 1. The van der Waals surface area contributed by atoms with E-state index in [1.807, 2.05) is 28.8 Å².